The Kier molecular flexibility index (Phi) is 8.18. The number of allylic oxidation sites excluding steroid dienone is 1. The Morgan fingerprint density at radius 2 is 2.00 bits per heavy atom. The molecule has 0 spiro atoms. The second-order valence-electron chi connectivity index (χ2n) is 5.00. The van der Waals surface area contributed by atoms with Crippen LogP contribution in [0.4, 0.5) is 0 Å². The number of amides is 1. The summed E-state index contributed by atoms with van der Waals surface area (Å²) >= 11 is 0. The van der Waals surface area contributed by atoms with Gasteiger partial charge in [-0.3, -0.25) is 4.79 Å². The summed E-state index contributed by atoms with van der Waals surface area (Å²) < 4.78 is 0. The molecule has 0 aromatic heterocycles. The van der Waals surface area contributed by atoms with E-state index in [1.165, 1.54) is 0 Å². The molecule has 2 nitrogen and oxygen atoms in total. The molecule has 1 aromatic carbocycles. The maximum absolute atomic E-state index is 11.4. The summed E-state index contributed by atoms with van der Waals surface area (Å²) in [4.78, 5) is 11.4. The fourth-order valence-electron chi connectivity index (χ4n) is 1.44. The fourth-order valence-corrected chi connectivity index (χ4v) is 1.44. The molecule has 1 amide bonds. The number of carbonyl (C=O) groups excluding carboxylic acids is 1. The maximum Gasteiger partial charge on any atom is 0.243 e. The summed E-state index contributed by atoms with van der Waals surface area (Å²) in [5, 5.41) is 2.83. The molecule has 0 aliphatic heterocycles. The summed E-state index contributed by atoms with van der Waals surface area (Å²) in [5.41, 5.74) is 0.966. The van der Waals surface area contributed by atoms with Crippen LogP contribution in [0.15, 0.2) is 42.5 Å². The number of unbranched alkanes of at least 4 members (excludes halogenated alkanes) is 1. The van der Waals surface area contributed by atoms with Crippen molar-refractivity contribution in [3.05, 3.63) is 48.0 Å². The van der Waals surface area contributed by atoms with Gasteiger partial charge in [0, 0.05) is 18.5 Å². The summed E-state index contributed by atoms with van der Waals surface area (Å²) in [6.07, 6.45) is 4.88. The van der Waals surface area contributed by atoms with E-state index in [9.17, 15) is 4.79 Å². The molecule has 0 bridgehead atoms. The zero-order chi connectivity index (χ0) is 15.3. The van der Waals surface area contributed by atoms with Gasteiger partial charge in [0.05, 0.1) is 0 Å². The van der Waals surface area contributed by atoms with Gasteiger partial charge in [0.25, 0.3) is 0 Å². The van der Waals surface area contributed by atoms with Crippen molar-refractivity contribution >= 4 is 5.91 Å². The van der Waals surface area contributed by atoms with Crippen LogP contribution in [-0.2, 0) is 4.79 Å². The smallest absolute Gasteiger partial charge is 0.243 e. The van der Waals surface area contributed by atoms with Crippen molar-refractivity contribution in [2.45, 2.75) is 26.7 Å². The lowest BCUT2D eigenvalue weighted by Gasteiger charge is -2.03. The highest BCUT2D eigenvalue weighted by Gasteiger charge is 1.96. The van der Waals surface area contributed by atoms with E-state index in [4.69, 9.17) is 0 Å². The van der Waals surface area contributed by atoms with Crippen LogP contribution >= 0.6 is 0 Å². The van der Waals surface area contributed by atoms with Crippen molar-refractivity contribution in [1.29, 1.82) is 0 Å². The van der Waals surface area contributed by atoms with Gasteiger partial charge in [-0.05, 0) is 42.4 Å². The first-order chi connectivity index (χ1) is 10.2. The zero-order valence-electron chi connectivity index (χ0n) is 12.6. The molecular weight excluding hydrogens is 258 g/mol. The molecule has 0 heterocycles. The van der Waals surface area contributed by atoms with E-state index in [2.05, 4.69) is 42.8 Å². The van der Waals surface area contributed by atoms with Crippen LogP contribution in [0.3, 0.4) is 0 Å². The molecule has 0 saturated heterocycles. The third-order valence-electron chi connectivity index (χ3n) is 2.52. The Balaban J connectivity index is 2.22. The molecule has 0 aliphatic carbocycles. The minimum Gasteiger partial charge on any atom is -0.352 e. The SMILES string of the molecule is CC(C)CNC(=O)/C=C/CCC#CC#Cc1ccccc1. The lowest BCUT2D eigenvalue weighted by Crippen LogP contribution is -2.25. The molecule has 0 radical (unpaired) electrons. The van der Waals surface area contributed by atoms with Crippen LogP contribution < -0.4 is 5.32 Å². The van der Waals surface area contributed by atoms with Gasteiger partial charge in [0.1, 0.15) is 0 Å². The highest BCUT2D eigenvalue weighted by molar-refractivity contribution is 5.87. The Bertz CT molecular complexity index is 577. The van der Waals surface area contributed by atoms with Crippen molar-refractivity contribution < 1.29 is 4.79 Å². The van der Waals surface area contributed by atoms with E-state index in [1.807, 2.05) is 36.4 Å². The first-order valence-electron chi connectivity index (χ1n) is 7.17. The molecular formula is C19H21NO. The van der Waals surface area contributed by atoms with Crippen LogP contribution in [0, 0.1) is 29.6 Å². The van der Waals surface area contributed by atoms with E-state index < -0.39 is 0 Å². The third-order valence-corrected chi connectivity index (χ3v) is 2.52. The van der Waals surface area contributed by atoms with E-state index >= 15 is 0 Å². The molecule has 1 rings (SSSR count). The molecule has 0 fully saturated rings. The summed E-state index contributed by atoms with van der Waals surface area (Å²) in [7, 11) is 0. The Hall–Kier alpha value is -2.45. The van der Waals surface area contributed by atoms with Crippen molar-refractivity contribution in [3.8, 4) is 23.7 Å². The molecule has 0 unspecified atom stereocenters. The van der Waals surface area contributed by atoms with Gasteiger partial charge in [-0.2, -0.15) is 0 Å². The van der Waals surface area contributed by atoms with Crippen molar-refractivity contribution in [2.75, 3.05) is 6.54 Å². The van der Waals surface area contributed by atoms with Crippen LogP contribution in [-0.4, -0.2) is 12.5 Å². The van der Waals surface area contributed by atoms with Crippen LogP contribution in [0.2, 0.25) is 0 Å². The predicted molar refractivity (Wildman–Crippen MR) is 87.3 cm³/mol. The van der Waals surface area contributed by atoms with Gasteiger partial charge in [-0.15, -0.1) is 0 Å². The van der Waals surface area contributed by atoms with Crippen molar-refractivity contribution in [1.82, 2.24) is 5.32 Å². The third kappa shape index (κ3) is 9.14. The number of carbonyl (C=O) groups is 1. The standard InChI is InChI=1S/C19H21NO/c1-17(2)16-20-19(21)15-11-6-4-3-5-8-12-18-13-9-7-10-14-18/h7,9-11,13-15,17H,4,6,16H2,1-2H3,(H,20,21)/b15-11+. The molecule has 108 valence electrons. The van der Waals surface area contributed by atoms with E-state index in [0.717, 1.165) is 12.0 Å². The van der Waals surface area contributed by atoms with E-state index in [1.54, 1.807) is 6.08 Å². The molecule has 0 aliphatic rings. The molecule has 2 heteroatoms. The molecule has 0 atom stereocenters. The number of nitrogens with one attached hydrogen (secondary N) is 1. The lowest BCUT2D eigenvalue weighted by atomic mass is 10.2. The largest absolute Gasteiger partial charge is 0.352 e. The van der Waals surface area contributed by atoms with Crippen LogP contribution in [0.1, 0.15) is 32.3 Å². The zero-order valence-corrected chi connectivity index (χ0v) is 12.6. The summed E-state index contributed by atoms with van der Waals surface area (Å²) in [6, 6.07) is 9.76. The lowest BCUT2D eigenvalue weighted by molar-refractivity contribution is -0.116. The quantitative estimate of drug-likeness (QED) is 0.501. The minimum atomic E-state index is -0.0412. The Morgan fingerprint density at radius 3 is 2.71 bits per heavy atom. The predicted octanol–water partition coefficient (Wildman–Crippen LogP) is 3.15. The molecule has 0 saturated carbocycles. The minimum absolute atomic E-state index is 0.0412. The first-order valence-corrected chi connectivity index (χ1v) is 7.17. The van der Waals surface area contributed by atoms with Gasteiger partial charge < -0.3 is 5.32 Å². The van der Waals surface area contributed by atoms with E-state index in [-0.39, 0.29) is 5.91 Å². The first kappa shape index (κ1) is 16.6. The fraction of sp³-hybridized carbons (Fsp3) is 0.316. The number of hydrogen-bond acceptors (Lipinski definition) is 1. The highest BCUT2D eigenvalue weighted by Crippen LogP contribution is 1.94. The number of rotatable bonds is 5. The van der Waals surface area contributed by atoms with Crippen molar-refractivity contribution in [3.63, 3.8) is 0 Å². The molecule has 1 aromatic rings. The number of hydrogen-bond donors (Lipinski definition) is 1. The summed E-state index contributed by atoms with van der Waals surface area (Å²) in [5.74, 6) is 12.0. The van der Waals surface area contributed by atoms with Gasteiger partial charge in [-0.1, -0.05) is 50.0 Å². The molecule has 21 heavy (non-hydrogen) atoms. The Labute approximate surface area is 127 Å². The van der Waals surface area contributed by atoms with Crippen LogP contribution in [0.25, 0.3) is 0 Å². The topological polar surface area (TPSA) is 29.1 Å². The van der Waals surface area contributed by atoms with Gasteiger partial charge in [-0.25, -0.2) is 0 Å². The van der Waals surface area contributed by atoms with Gasteiger partial charge in [0.2, 0.25) is 5.91 Å². The second-order valence-corrected chi connectivity index (χ2v) is 5.00. The van der Waals surface area contributed by atoms with E-state index in [0.29, 0.717) is 18.9 Å². The van der Waals surface area contributed by atoms with Crippen LogP contribution in [0.5, 0.6) is 0 Å². The highest BCUT2D eigenvalue weighted by atomic mass is 16.1. The normalized spacial score (nSPS) is 9.67. The molecule has 1 N–H and O–H groups in total. The number of benzene rings is 1. The Morgan fingerprint density at radius 1 is 1.24 bits per heavy atom. The van der Waals surface area contributed by atoms with Crippen molar-refractivity contribution in [2.24, 2.45) is 5.92 Å². The monoisotopic (exact) mass is 279 g/mol. The van der Waals surface area contributed by atoms with Gasteiger partial charge >= 0.3 is 0 Å². The second kappa shape index (κ2) is 10.4. The van der Waals surface area contributed by atoms with Gasteiger partial charge in [0.15, 0.2) is 0 Å². The average Bonchev–Trinajstić information content (AvgIpc) is 2.49. The summed E-state index contributed by atoms with van der Waals surface area (Å²) in [6.45, 7) is 4.84. The maximum atomic E-state index is 11.4. The average molecular weight is 279 g/mol.